The average molecular weight is 543 g/mol. The van der Waals surface area contributed by atoms with E-state index in [1.807, 2.05) is 37.7 Å². The predicted octanol–water partition coefficient (Wildman–Crippen LogP) is 5.74. The first-order valence-corrected chi connectivity index (χ1v) is 13.4. The Morgan fingerprint density at radius 2 is 1.79 bits per heavy atom. The molecule has 198 valence electrons. The number of halogens is 3. The van der Waals surface area contributed by atoms with E-state index in [9.17, 15) is 21.6 Å². The van der Waals surface area contributed by atoms with Gasteiger partial charge in [-0.3, -0.25) is 8.99 Å². The first kappa shape index (κ1) is 25.7. The van der Waals surface area contributed by atoms with Crippen LogP contribution < -0.4 is 9.62 Å². The molecule has 0 unspecified atom stereocenters. The largest absolute Gasteiger partial charge is 0.416 e. The Labute approximate surface area is 218 Å². The van der Waals surface area contributed by atoms with Gasteiger partial charge in [-0.2, -0.15) is 18.3 Å². The molecule has 0 radical (unpaired) electrons. The Kier molecular flexibility index (Phi) is 6.38. The second-order valence-electron chi connectivity index (χ2n) is 9.35. The summed E-state index contributed by atoms with van der Waals surface area (Å²) in [5.41, 5.74) is 3.59. The van der Waals surface area contributed by atoms with Crippen LogP contribution in [0.5, 0.6) is 0 Å². The molecule has 5 rings (SSSR count). The number of hydrogen-bond donors (Lipinski definition) is 1. The number of rotatable bonds is 6. The van der Waals surface area contributed by atoms with Crippen LogP contribution in [0.3, 0.4) is 0 Å². The van der Waals surface area contributed by atoms with Crippen molar-refractivity contribution in [1.82, 2.24) is 19.7 Å². The molecule has 3 heterocycles. The van der Waals surface area contributed by atoms with Crippen LogP contribution in [-0.4, -0.2) is 34.7 Å². The minimum Gasteiger partial charge on any atom is -0.324 e. The normalized spacial score (nSPS) is 13.7. The smallest absolute Gasteiger partial charge is 0.324 e. The minimum absolute atomic E-state index is 0.188. The van der Waals surface area contributed by atoms with Crippen molar-refractivity contribution in [1.29, 1.82) is 0 Å². The molecule has 0 fully saturated rings. The third-order valence-corrected chi connectivity index (χ3v) is 8.16. The third-order valence-electron chi connectivity index (χ3n) is 6.33. The van der Waals surface area contributed by atoms with Gasteiger partial charge in [0.15, 0.2) is 0 Å². The molecule has 12 heteroatoms. The number of nitrogens with zero attached hydrogens (tertiary/aromatic N) is 5. The van der Waals surface area contributed by atoms with Gasteiger partial charge < -0.3 is 5.32 Å². The van der Waals surface area contributed by atoms with Crippen LogP contribution in [0.4, 0.5) is 30.5 Å². The number of fused-ring (bicyclic) bond motifs is 1. The number of hydrogen-bond acceptors (Lipinski definition) is 6. The zero-order valence-corrected chi connectivity index (χ0v) is 21.7. The lowest BCUT2D eigenvalue weighted by Gasteiger charge is -2.20. The van der Waals surface area contributed by atoms with Crippen LogP contribution in [-0.2, 0) is 22.6 Å². The molecule has 8 nitrogen and oxygen atoms in total. The number of benzene rings is 2. The fourth-order valence-corrected chi connectivity index (χ4v) is 5.81. The summed E-state index contributed by atoms with van der Waals surface area (Å²) in [5.74, 6) is 0.384. The van der Waals surface area contributed by atoms with Gasteiger partial charge in [-0.1, -0.05) is 0 Å². The topological polar surface area (TPSA) is 93.0 Å². The molecule has 4 aromatic rings. The molecule has 0 amide bonds. The summed E-state index contributed by atoms with van der Waals surface area (Å²) >= 11 is 0. The van der Waals surface area contributed by atoms with Crippen LogP contribution in [0.2, 0.25) is 0 Å². The lowest BCUT2D eigenvalue weighted by atomic mass is 10.1. The highest BCUT2D eigenvalue weighted by Crippen LogP contribution is 2.36. The van der Waals surface area contributed by atoms with E-state index in [2.05, 4.69) is 20.4 Å². The minimum atomic E-state index is -4.54. The van der Waals surface area contributed by atoms with Gasteiger partial charge in [0.05, 0.1) is 28.0 Å². The zero-order valence-electron chi connectivity index (χ0n) is 20.9. The summed E-state index contributed by atoms with van der Waals surface area (Å²) in [6.07, 6.45) is 1.34. The SMILES string of the molecule is Cc1cnc(Nc2ccc3c(c2)CCN3S(=O)(=O)c2ccc(C(F)(F)F)cc2)nc1-c1cnn(C(C)C)c1. The van der Waals surface area contributed by atoms with Gasteiger partial charge in [0.1, 0.15) is 0 Å². The van der Waals surface area contributed by atoms with Crippen molar-refractivity contribution < 1.29 is 21.6 Å². The summed E-state index contributed by atoms with van der Waals surface area (Å²) in [7, 11) is -4.02. The highest BCUT2D eigenvalue weighted by Gasteiger charge is 2.33. The molecule has 1 aliphatic heterocycles. The average Bonchev–Trinajstić information content (AvgIpc) is 3.53. The number of anilines is 3. The van der Waals surface area contributed by atoms with Crippen molar-refractivity contribution >= 4 is 27.3 Å². The van der Waals surface area contributed by atoms with Crippen LogP contribution >= 0.6 is 0 Å². The fraction of sp³-hybridized carbons (Fsp3) is 0.269. The molecule has 0 spiro atoms. The summed E-state index contributed by atoms with van der Waals surface area (Å²) in [5, 5.41) is 7.56. The molecule has 0 bridgehead atoms. The maximum atomic E-state index is 13.2. The van der Waals surface area contributed by atoms with Crippen molar-refractivity contribution in [3.63, 3.8) is 0 Å². The third kappa shape index (κ3) is 4.83. The van der Waals surface area contributed by atoms with E-state index in [1.165, 1.54) is 4.31 Å². The Bertz CT molecular complexity index is 1600. The summed E-state index contributed by atoms with van der Waals surface area (Å²) in [6.45, 7) is 6.20. The molecule has 0 aliphatic carbocycles. The Morgan fingerprint density at radius 3 is 2.45 bits per heavy atom. The second-order valence-corrected chi connectivity index (χ2v) is 11.2. The van der Waals surface area contributed by atoms with E-state index in [4.69, 9.17) is 0 Å². The molecule has 1 N–H and O–H groups in total. The Morgan fingerprint density at radius 1 is 1.05 bits per heavy atom. The van der Waals surface area contributed by atoms with Crippen molar-refractivity contribution in [2.75, 3.05) is 16.2 Å². The van der Waals surface area contributed by atoms with Crippen molar-refractivity contribution in [3.8, 4) is 11.3 Å². The van der Waals surface area contributed by atoms with Gasteiger partial charge in [0.2, 0.25) is 5.95 Å². The lowest BCUT2D eigenvalue weighted by molar-refractivity contribution is -0.137. The maximum Gasteiger partial charge on any atom is 0.416 e. The van der Waals surface area contributed by atoms with Crippen LogP contribution in [0, 0.1) is 6.92 Å². The molecule has 0 saturated carbocycles. The van der Waals surface area contributed by atoms with Gasteiger partial charge in [0.25, 0.3) is 10.0 Å². The highest BCUT2D eigenvalue weighted by atomic mass is 32.2. The van der Waals surface area contributed by atoms with E-state index in [-0.39, 0.29) is 17.5 Å². The van der Waals surface area contributed by atoms with E-state index >= 15 is 0 Å². The van der Waals surface area contributed by atoms with Gasteiger partial charge in [-0.15, -0.1) is 0 Å². The standard InChI is InChI=1S/C26H25F3N6O2S/c1-16(2)34-15-19(14-31-34)24-17(3)13-30-25(33-24)32-21-6-9-23-18(12-21)10-11-35(23)38(36,37)22-7-4-20(5-8-22)26(27,28)29/h4-9,12-16H,10-11H2,1-3H3,(H,30,32,33). The van der Waals surface area contributed by atoms with E-state index < -0.39 is 21.8 Å². The van der Waals surface area contributed by atoms with Crippen molar-refractivity contribution in [2.45, 2.75) is 44.3 Å². The molecule has 0 saturated heterocycles. The number of alkyl halides is 3. The first-order chi connectivity index (χ1) is 17.9. The monoisotopic (exact) mass is 542 g/mol. The highest BCUT2D eigenvalue weighted by molar-refractivity contribution is 7.92. The molecule has 0 atom stereocenters. The Balaban J connectivity index is 1.37. The maximum absolute atomic E-state index is 13.2. The molecular weight excluding hydrogens is 517 g/mol. The quantitative estimate of drug-likeness (QED) is 0.334. The van der Waals surface area contributed by atoms with Gasteiger partial charge in [-0.25, -0.2) is 18.4 Å². The second kappa shape index (κ2) is 9.43. The number of aryl methyl sites for hydroxylation is 1. The zero-order chi connectivity index (χ0) is 27.2. The van der Waals surface area contributed by atoms with Gasteiger partial charge >= 0.3 is 6.18 Å². The number of aromatic nitrogens is 4. The van der Waals surface area contributed by atoms with Crippen molar-refractivity contribution in [3.05, 3.63) is 77.7 Å². The van der Waals surface area contributed by atoms with E-state index in [0.717, 1.165) is 46.6 Å². The van der Waals surface area contributed by atoms with E-state index in [0.29, 0.717) is 23.7 Å². The molecule has 2 aromatic carbocycles. The van der Waals surface area contributed by atoms with Crippen LogP contribution in [0.15, 0.2) is 66.0 Å². The van der Waals surface area contributed by atoms with Gasteiger partial charge in [-0.05, 0) is 80.8 Å². The van der Waals surface area contributed by atoms with E-state index in [1.54, 1.807) is 24.5 Å². The predicted molar refractivity (Wildman–Crippen MR) is 138 cm³/mol. The lowest BCUT2D eigenvalue weighted by Crippen LogP contribution is -2.29. The van der Waals surface area contributed by atoms with Crippen molar-refractivity contribution in [2.24, 2.45) is 0 Å². The number of sulfonamides is 1. The number of nitrogens with one attached hydrogen (secondary N) is 1. The fourth-order valence-electron chi connectivity index (χ4n) is 4.31. The molecular formula is C26H25F3N6O2S. The summed E-state index contributed by atoms with van der Waals surface area (Å²) in [4.78, 5) is 8.85. The summed E-state index contributed by atoms with van der Waals surface area (Å²) < 4.78 is 68.1. The Hall–Kier alpha value is -3.93. The van der Waals surface area contributed by atoms with Crippen LogP contribution in [0.1, 0.15) is 36.6 Å². The first-order valence-electron chi connectivity index (χ1n) is 11.9. The molecule has 1 aliphatic rings. The molecule has 2 aromatic heterocycles. The summed E-state index contributed by atoms with van der Waals surface area (Å²) in [6, 6.07) is 8.98. The van der Waals surface area contributed by atoms with Crippen LogP contribution in [0.25, 0.3) is 11.3 Å². The van der Waals surface area contributed by atoms with Gasteiger partial charge in [0, 0.05) is 36.2 Å². The molecule has 38 heavy (non-hydrogen) atoms.